The van der Waals surface area contributed by atoms with Crippen molar-refractivity contribution in [2.45, 2.75) is 74.9 Å². The number of nitrogens with zero attached hydrogens (tertiary/aromatic N) is 1. The number of halogens is 1. The maximum absolute atomic E-state index is 12.5. The number of carbonyl (C=O) groups excluding carboxylic acids is 1. The van der Waals surface area contributed by atoms with Crippen LogP contribution < -0.4 is 10.0 Å². The predicted molar refractivity (Wildman–Crippen MR) is 113 cm³/mol. The molecule has 8 heteroatoms. The molecule has 2 unspecified atom stereocenters. The van der Waals surface area contributed by atoms with E-state index in [0.717, 1.165) is 18.4 Å². The fraction of sp³-hybridized carbons (Fsp3) is 0.650. The molecule has 1 amide bonds. The van der Waals surface area contributed by atoms with Gasteiger partial charge in [-0.2, -0.15) is 0 Å². The third-order valence-electron chi connectivity index (χ3n) is 5.88. The number of hydrogen-bond acceptors (Lipinski definition) is 4. The van der Waals surface area contributed by atoms with Crippen molar-refractivity contribution in [1.82, 2.24) is 14.9 Å². The van der Waals surface area contributed by atoms with E-state index in [9.17, 15) is 13.2 Å². The summed E-state index contributed by atoms with van der Waals surface area (Å²) in [6.07, 6.45) is 4.55. The van der Waals surface area contributed by atoms with Gasteiger partial charge in [0.2, 0.25) is 15.9 Å². The van der Waals surface area contributed by atoms with Crippen LogP contribution in [0.3, 0.4) is 0 Å². The zero-order chi connectivity index (χ0) is 19.6. The summed E-state index contributed by atoms with van der Waals surface area (Å²) in [6.45, 7) is 4.25. The highest BCUT2D eigenvalue weighted by Gasteiger charge is 2.36. The van der Waals surface area contributed by atoms with Crippen LogP contribution in [0.4, 0.5) is 0 Å². The SMILES string of the molecule is CC(C)c1ccc(S(=O)(=O)NCCC(=O)N(C)C2CC3CCC(C2)N3)cc1.Cl. The molecule has 1 aromatic carbocycles. The molecule has 6 nitrogen and oxygen atoms in total. The molecular formula is C20H32ClN3O3S. The summed E-state index contributed by atoms with van der Waals surface area (Å²) in [6, 6.07) is 8.23. The Bertz CT molecular complexity index is 755. The number of piperidine rings is 1. The lowest BCUT2D eigenvalue weighted by atomic mass is 9.98. The standard InChI is InChI=1S/C20H31N3O3S.ClH/c1-14(2)15-4-8-19(9-5-15)27(25,26)21-11-10-20(24)23(3)18-12-16-6-7-17(13-18)22-16;/h4-5,8-9,14,16-18,21-22H,6-7,10-13H2,1-3H3;1H. The predicted octanol–water partition coefficient (Wildman–Crippen LogP) is 2.64. The summed E-state index contributed by atoms with van der Waals surface area (Å²) in [5, 5.41) is 3.58. The monoisotopic (exact) mass is 429 g/mol. The Labute approximate surface area is 174 Å². The van der Waals surface area contributed by atoms with Crippen LogP contribution in [0.25, 0.3) is 0 Å². The minimum Gasteiger partial charge on any atom is -0.343 e. The number of amides is 1. The van der Waals surface area contributed by atoms with Crippen molar-refractivity contribution >= 4 is 28.3 Å². The van der Waals surface area contributed by atoms with Crippen molar-refractivity contribution in [3.05, 3.63) is 29.8 Å². The molecule has 3 rings (SSSR count). The zero-order valence-corrected chi connectivity index (χ0v) is 18.5. The molecule has 2 atom stereocenters. The Balaban J connectivity index is 0.00000280. The van der Waals surface area contributed by atoms with Crippen molar-refractivity contribution in [2.24, 2.45) is 0 Å². The summed E-state index contributed by atoms with van der Waals surface area (Å²) < 4.78 is 27.4. The molecule has 28 heavy (non-hydrogen) atoms. The molecule has 2 aliphatic heterocycles. The number of fused-ring (bicyclic) bond motifs is 2. The van der Waals surface area contributed by atoms with Crippen LogP contribution in [0.1, 0.15) is 57.4 Å². The van der Waals surface area contributed by atoms with Gasteiger partial charge in [0.25, 0.3) is 0 Å². The number of sulfonamides is 1. The first-order valence-electron chi connectivity index (χ1n) is 9.87. The maximum Gasteiger partial charge on any atom is 0.240 e. The highest BCUT2D eigenvalue weighted by Crippen LogP contribution is 2.29. The third-order valence-corrected chi connectivity index (χ3v) is 7.35. The molecule has 2 heterocycles. The van der Waals surface area contributed by atoms with Gasteiger partial charge < -0.3 is 10.2 Å². The van der Waals surface area contributed by atoms with Crippen molar-refractivity contribution in [1.29, 1.82) is 0 Å². The van der Waals surface area contributed by atoms with Gasteiger partial charge in [-0.3, -0.25) is 4.79 Å². The van der Waals surface area contributed by atoms with E-state index in [-0.39, 0.29) is 42.2 Å². The summed E-state index contributed by atoms with van der Waals surface area (Å²) >= 11 is 0. The molecule has 0 radical (unpaired) electrons. The van der Waals surface area contributed by atoms with Crippen LogP contribution >= 0.6 is 12.4 Å². The largest absolute Gasteiger partial charge is 0.343 e. The molecule has 0 saturated carbocycles. The van der Waals surface area contributed by atoms with Gasteiger partial charge in [0, 0.05) is 38.1 Å². The minimum atomic E-state index is -3.59. The minimum absolute atomic E-state index is 0. The molecule has 2 aliphatic rings. The fourth-order valence-electron chi connectivity index (χ4n) is 4.13. The molecule has 1 aromatic rings. The Hall–Kier alpha value is -1.15. The van der Waals surface area contributed by atoms with E-state index >= 15 is 0 Å². The van der Waals surface area contributed by atoms with Crippen molar-refractivity contribution in [2.75, 3.05) is 13.6 Å². The first kappa shape index (κ1) is 23.1. The summed E-state index contributed by atoms with van der Waals surface area (Å²) in [7, 11) is -1.74. The quantitative estimate of drug-likeness (QED) is 0.698. The van der Waals surface area contributed by atoms with Gasteiger partial charge in [-0.25, -0.2) is 13.1 Å². The second kappa shape index (κ2) is 9.57. The summed E-state index contributed by atoms with van der Waals surface area (Å²) in [5.41, 5.74) is 1.10. The lowest BCUT2D eigenvalue weighted by molar-refractivity contribution is -0.132. The molecule has 2 fully saturated rings. The van der Waals surface area contributed by atoms with Crippen LogP contribution in [-0.2, 0) is 14.8 Å². The highest BCUT2D eigenvalue weighted by atomic mass is 35.5. The van der Waals surface area contributed by atoms with Gasteiger partial charge in [0.1, 0.15) is 0 Å². The molecule has 158 valence electrons. The lowest BCUT2D eigenvalue weighted by Gasteiger charge is -2.35. The van der Waals surface area contributed by atoms with E-state index in [4.69, 9.17) is 0 Å². The number of benzene rings is 1. The second-order valence-corrected chi connectivity index (χ2v) is 9.91. The Morgan fingerprint density at radius 3 is 2.29 bits per heavy atom. The summed E-state index contributed by atoms with van der Waals surface area (Å²) in [5.74, 6) is 0.354. The van der Waals surface area contributed by atoms with E-state index in [1.54, 1.807) is 12.1 Å². The van der Waals surface area contributed by atoms with Crippen LogP contribution in [0.2, 0.25) is 0 Å². The number of hydrogen-bond donors (Lipinski definition) is 2. The molecule has 0 aliphatic carbocycles. The number of carbonyl (C=O) groups is 1. The summed E-state index contributed by atoms with van der Waals surface area (Å²) in [4.78, 5) is 14.5. The number of rotatable bonds is 7. The van der Waals surface area contributed by atoms with Crippen LogP contribution in [0.5, 0.6) is 0 Å². The van der Waals surface area contributed by atoms with Crippen LogP contribution in [0.15, 0.2) is 29.2 Å². The molecule has 0 aromatic heterocycles. The van der Waals surface area contributed by atoms with Crippen LogP contribution in [0, 0.1) is 0 Å². The highest BCUT2D eigenvalue weighted by molar-refractivity contribution is 7.89. The molecule has 2 N–H and O–H groups in total. The second-order valence-electron chi connectivity index (χ2n) is 8.14. The third kappa shape index (κ3) is 5.47. The van der Waals surface area contributed by atoms with Gasteiger partial charge in [0.15, 0.2) is 0 Å². The van der Waals surface area contributed by atoms with Crippen molar-refractivity contribution in [3.63, 3.8) is 0 Å². The van der Waals surface area contributed by atoms with E-state index in [1.165, 1.54) is 12.8 Å². The van der Waals surface area contributed by atoms with Crippen molar-refractivity contribution < 1.29 is 13.2 Å². The normalized spacial score (nSPS) is 24.1. The molecule has 2 saturated heterocycles. The van der Waals surface area contributed by atoms with E-state index in [2.05, 4.69) is 23.9 Å². The average molecular weight is 430 g/mol. The van der Waals surface area contributed by atoms with Gasteiger partial charge in [0.05, 0.1) is 4.90 Å². The zero-order valence-electron chi connectivity index (χ0n) is 16.8. The van der Waals surface area contributed by atoms with Crippen LogP contribution in [-0.4, -0.2) is 50.9 Å². The average Bonchev–Trinajstić information content (AvgIpc) is 2.98. The van der Waals surface area contributed by atoms with Gasteiger partial charge >= 0.3 is 0 Å². The van der Waals surface area contributed by atoms with Gasteiger partial charge in [-0.15, -0.1) is 12.4 Å². The first-order chi connectivity index (χ1) is 12.8. The molecular weight excluding hydrogens is 398 g/mol. The van der Waals surface area contributed by atoms with E-state index in [1.807, 2.05) is 24.1 Å². The maximum atomic E-state index is 12.5. The fourth-order valence-corrected chi connectivity index (χ4v) is 5.16. The molecule has 0 spiro atoms. The van der Waals surface area contributed by atoms with E-state index in [0.29, 0.717) is 18.0 Å². The van der Waals surface area contributed by atoms with Gasteiger partial charge in [-0.1, -0.05) is 26.0 Å². The molecule has 2 bridgehead atoms. The Kier molecular flexibility index (Phi) is 7.90. The lowest BCUT2D eigenvalue weighted by Crippen LogP contribution is -2.49. The number of nitrogens with one attached hydrogen (secondary N) is 2. The van der Waals surface area contributed by atoms with E-state index < -0.39 is 10.0 Å². The van der Waals surface area contributed by atoms with Gasteiger partial charge in [-0.05, 0) is 49.3 Å². The topological polar surface area (TPSA) is 78.5 Å². The Morgan fingerprint density at radius 2 is 1.75 bits per heavy atom. The smallest absolute Gasteiger partial charge is 0.240 e. The Morgan fingerprint density at radius 1 is 1.18 bits per heavy atom. The van der Waals surface area contributed by atoms with Crippen molar-refractivity contribution in [3.8, 4) is 0 Å². The first-order valence-corrected chi connectivity index (χ1v) is 11.4.